The highest BCUT2D eigenvalue weighted by Crippen LogP contribution is 2.25. The highest BCUT2D eigenvalue weighted by atomic mass is 35.5. The van der Waals surface area contributed by atoms with Gasteiger partial charge in [-0.2, -0.15) is 0 Å². The lowest BCUT2D eigenvalue weighted by Gasteiger charge is -2.35. The van der Waals surface area contributed by atoms with Gasteiger partial charge in [-0.1, -0.05) is 18.5 Å². The minimum absolute atomic E-state index is 0.127. The third-order valence-electron chi connectivity index (χ3n) is 3.57. The zero-order valence-electron chi connectivity index (χ0n) is 12.0. The Bertz CT molecular complexity index is 627. The number of carbonyl (C=O) groups is 1. The quantitative estimate of drug-likeness (QED) is 0.924. The van der Waals surface area contributed by atoms with Gasteiger partial charge in [-0.3, -0.25) is 4.79 Å². The molecule has 0 unspecified atom stereocenters. The third kappa shape index (κ3) is 3.50. The summed E-state index contributed by atoms with van der Waals surface area (Å²) >= 11 is 6.00. The minimum Gasteiger partial charge on any atom is -0.337 e. The van der Waals surface area contributed by atoms with E-state index < -0.39 is 10.0 Å². The molecule has 0 heterocycles. The van der Waals surface area contributed by atoms with E-state index in [2.05, 4.69) is 0 Å². The van der Waals surface area contributed by atoms with Gasteiger partial charge in [-0.15, -0.1) is 0 Å². The van der Waals surface area contributed by atoms with Crippen LogP contribution in [0.25, 0.3) is 0 Å². The van der Waals surface area contributed by atoms with E-state index in [4.69, 9.17) is 16.7 Å². The summed E-state index contributed by atoms with van der Waals surface area (Å²) in [5.74, 6) is -0.340. The maximum absolute atomic E-state index is 12.5. The first-order valence-corrected chi connectivity index (χ1v) is 8.03. The Labute approximate surface area is 124 Å². The zero-order chi connectivity index (χ0) is 15.7. The molecular formula is C13H19ClN2O3S. The van der Waals surface area contributed by atoms with Crippen LogP contribution in [0.4, 0.5) is 0 Å². The molecule has 0 radical (unpaired) electrons. The van der Waals surface area contributed by atoms with Crippen LogP contribution in [0.5, 0.6) is 0 Å². The molecule has 0 atom stereocenters. The van der Waals surface area contributed by atoms with Crippen LogP contribution in [0, 0.1) is 0 Å². The van der Waals surface area contributed by atoms with Gasteiger partial charge in [0, 0.05) is 12.6 Å². The number of hydrogen-bond donors (Lipinski definition) is 1. The maximum atomic E-state index is 12.5. The fourth-order valence-corrected chi connectivity index (χ4v) is 2.28. The second-order valence-electron chi connectivity index (χ2n) is 5.22. The smallest absolute Gasteiger partial charge is 0.255 e. The molecule has 0 aliphatic heterocycles. The molecule has 112 valence electrons. The van der Waals surface area contributed by atoms with Crippen molar-refractivity contribution in [2.75, 3.05) is 7.05 Å². The molecule has 5 nitrogen and oxygen atoms in total. The van der Waals surface area contributed by atoms with E-state index in [0.29, 0.717) is 0 Å². The second kappa shape index (κ2) is 5.71. The lowest BCUT2D eigenvalue weighted by molar-refractivity contribution is 0.0620. The molecule has 1 aromatic carbocycles. The Morgan fingerprint density at radius 1 is 1.40 bits per heavy atom. The monoisotopic (exact) mass is 318 g/mol. The molecule has 2 N–H and O–H groups in total. The van der Waals surface area contributed by atoms with Crippen LogP contribution < -0.4 is 5.14 Å². The summed E-state index contributed by atoms with van der Waals surface area (Å²) in [6.45, 7) is 5.80. The van der Waals surface area contributed by atoms with Crippen molar-refractivity contribution in [2.24, 2.45) is 5.14 Å². The van der Waals surface area contributed by atoms with Crippen molar-refractivity contribution in [3.8, 4) is 0 Å². The number of halogens is 1. The molecule has 1 aromatic rings. The van der Waals surface area contributed by atoms with Gasteiger partial charge in [0.05, 0.1) is 15.5 Å². The molecule has 1 rings (SSSR count). The number of nitrogens with two attached hydrogens (primary N) is 1. The SMILES string of the molecule is CCC(C)(C)N(C)C(=O)c1cc(S(N)(=O)=O)ccc1Cl. The standard InChI is InChI=1S/C13H19ClN2O3S/c1-5-13(2,3)16(4)12(17)10-8-9(20(15,18)19)6-7-11(10)14/h6-8H,5H2,1-4H3,(H2,15,18,19). The highest BCUT2D eigenvalue weighted by Gasteiger charge is 2.28. The van der Waals surface area contributed by atoms with Crippen LogP contribution >= 0.6 is 11.6 Å². The second-order valence-corrected chi connectivity index (χ2v) is 7.19. The predicted molar refractivity (Wildman–Crippen MR) is 79.3 cm³/mol. The van der Waals surface area contributed by atoms with Crippen molar-refractivity contribution in [3.63, 3.8) is 0 Å². The first kappa shape index (κ1) is 16.9. The van der Waals surface area contributed by atoms with Crippen molar-refractivity contribution in [1.82, 2.24) is 4.90 Å². The van der Waals surface area contributed by atoms with E-state index in [0.717, 1.165) is 6.42 Å². The number of rotatable bonds is 4. The number of carbonyl (C=O) groups excluding carboxylic acids is 1. The van der Waals surface area contributed by atoms with Crippen molar-refractivity contribution in [2.45, 2.75) is 37.6 Å². The molecular weight excluding hydrogens is 300 g/mol. The van der Waals surface area contributed by atoms with Crippen molar-refractivity contribution < 1.29 is 13.2 Å². The van der Waals surface area contributed by atoms with Crippen molar-refractivity contribution in [1.29, 1.82) is 0 Å². The number of primary sulfonamides is 1. The first-order chi connectivity index (χ1) is 9.00. The van der Waals surface area contributed by atoms with E-state index in [-0.39, 0.29) is 26.9 Å². The van der Waals surface area contributed by atoms with Gasteiger partial charge in [0.15, 0.2) is 0 Å². The molecule has 0 aliphatic rings. The lowest BCUT2D eigenvalue weighted by Crippen LogP contribution is -2.44. The molecule has 0 spiro atoms. The van der Waals surface area contributed by atoms with Gasteiger partial charge in [0.2, 0.25) is 10.0 Å². The minimum atomic E-state index is -3.87. The van der Waals surface area contributed by atoms with Crippen molar-refractivity contribution in [3.05, 3.63) is 28.8 Å². The maximum Gasteiger partial charge on any atom is 0.255 e. The number of sulfonamides is 1. The van der Waals surface area contributed by atoms with Gasteiger partial charge in [-0.05, 0) is 38.5 Å². The molecule has 20 heavy (non-hydrogen) atoms. The Balaban J connectivity index is 3.30. The number of hydrogen-bond acceptors (Lipinski definition) is 3. The summed E-state index contributed by atoms with van der Waals surface area (Å²) in [6, 6.07) is 3.85. The fourth-order valence-electron chi connectivity index (χ4n) is 1.54. The molecule has 0 bridgehead atoms. The fraction of sp³-hybridized carbons (Fsp3) is 0.462. The van der Waals surface area contributed by atoms with Crippen LogP contribution in [0.3, 0.4) is 0 Å². The van der Waals surface area contributed by atoms with Gasteiger partial charge < -0.3 is 4.90 Å². The van der Waals surface area contributed by atoms with E-state index in [1.165, 1.54) is 18.2 Å². The largest absolute Gasteiger partial charge is 0.337 e. The molecule has 0 saturated heterocycles. The Hall–Kier alpha value is -1.11. The molecule has 1 amide bonds. The average molecular weight is 319 g/mol. The van der Waals surface area contributed by atoms with Gasteiger partial charge in [0.25, 0.3) is 5.91 Å². The normalized spacial score (nSPS) is 12.3. The van der Waals surface area contributed by atoms with Crippen LogP contribution in [-0.2, 0) is 10.0 Å². The van der Waals surface area contributed by atoms with Gasteiger partial charge >= 0.3 is 0 Å². The summed E-state index contributed by atoms with van der Waals surface area (Å²) < 4.78 is 22.7. The van der Waals surface area contributed by atoms with Crippen LogP contribution in [0.2, 0.25) is 5.02 Å². The van der Waals surface area contributed by atoms with Crippen LogP contribution in [-0.4, -0.2) is 31.8 Å². The number of benzene rings is 1. The highest BCUT2D eigenvalue weighted by molar-refractivity contribution is 7.89. The van der Waals surface area contributed by atoms with Gasteiger partial charge in [0.1, 0.15) is 0 Å². The summed E-state index contributed by atoms with van der Waals surface area (Å²) in [4.78, 5) is 13.9. The Morgan fingerprint density at radius 2 is 1.95 bits per heavy atom. The van der Waals surface area contributed by atoms with Crippen LogP contribution in [0.1, 0.15) is 37.6 Å². The Kier molecular flexibility index (Phi) is 4.84. The molecule has 0 saturated carbocycles. The van der Waals surface area contributed by atoms with Crippen molar-refractivity contribution >= 4 is 27.5 Å². The summed E-state index contributed by atoms with van der Waals surface area (Å²) in [5.41, 5.74) is -0.236. The van der Waals surface area contributed by atoms with E-state index in [9.17, 15) is 13.2 Å². The summed E-state index contributed by atoms with van der Waals surface area (Å²) in [6.07, 6.45) is 0.752. The number of nitrogens with zero attached hydrogens (tertiary/aromatic N) is 1. The summed E-state index contributed by atoms with van der Waals surface area (Å²) in [7, 11) is -2.21. The first-order valence-electron chi connectivity index (χ1n) is 6.11. The predicted octanol–water partition coefficient (Wildman–Crippen LogP) is 2.25. The number of amides is 1. The molecule has 7 heteroatoms. The lowest BCUT2D eigenvalue weighted by atomic mass is 9.99. The molecule has 0 aromatic heterocycles. The third-order valence-corrected chi connectivity index (χ3v) is 4.82. The zero-order valence-corrected chi connectivity index (χ0v) is 13.5. The Morgan fingerprint density at radius 3 is 2.40 bits per heavy atom. The van der Waals surface area contributed by atoms with E-state index in [1.807, 2.05) is 20.8 Å². The van der Waals surface area contributed by atoms with Crippen LogP contribution in [0.15, 0.2) is 23.1 Å². The average Bonchev–Trinajstić information content (AvgIpc) is 2.36. The molecule has 0 aliphatic carbocycles. The topological polar surface area (TPSA) is 80.5 Å². The van der Waals surface area contributed by atoms with E-state index in [1.54, 1.807) is 11.9 Å². The summed E-state index contributed by atoms with van der Waals surface area (Å²) in [5, 5.41) is 5.26. The molecule has 0 fully saturated rings. The van der Waals surface area contributed by atoms with E-state index >= 15 is 0 Å². The van der Waals surface area contributed by atoms with Gasteiger partial charge in [-0.25, -0.2) is 13.6 Å².